The second kappa shape index (κ2) is 8.89. The van der Waals surface area contributed by atoms with Crippen molar-refractivity contribution in [2.45, 2.75) is 50.1 Å². The molecule has 0 spiro atoms. The highest BCUT2D eigenvalue weighted by atomic mass is 16.5. The van der Waals surface area contributed by atoms with Gasteiger partial charge in [0.15, 0.2) is 0 Å². The number of carbonyl (C=O) groups is 3. The first-order valence-electron chi connectivity index (χ1n) is 11.7. The summed E-state index contributed by atoms with van der Waals surface area (Å²) in [6, 6.07) is 15.1. The van der Waals surface area contributed by atoms with Crippen LogP contribution in [0.4, 0.5) is 4.79 Å². The van der Waals surface area contributed by atoms with E-state index >= 15 is 0 Å². The second-order valence-corrected chi connectivity index (χ2v) is 9.22. The summed E-state index contributed by atoms with van der Waals surface area (Å²) >= 11 is 0. The van der Waals surface area contributed by atoms with Crippen LogP contribution in [0, 0.1) is 5.92 Å². The lowest BCUT2D eigenvalue weighted by molar-refractivity contribution is -0.151. The van der Waals surface area contributed by atoms with Crippen LogP contribution in [0.25, 0.3) is 11.1 Å². The van der Waals surface area contributed by atoms with Crippen LogP contribution in [0.15, 0.2) is 48.5 Å². The molecule has 3 aliphatic rings. The molecule has 0 aromatic heterocycles. The van der Waals surface area contributed by atoms with E-state index in [2.05, 4.69) is 17.4 Å². The van der Waals surface area contributed by atoms with E-state index in [0.717, 1.165) is 41.5 Å². The topological polar surface area (TPSA) is 95.9 Å². The Balaban J connectivity index is 1.24. The normalized spacial score (nSPS) is 21.8. The van der Waals surface area contributed by atoms with Gasteiger partial charge in [0.1, 0.15) is 12.6 Å². The van der Waals surface area contributed by atoms with Crippen LogP contribution in [0.3, 0.4) is 0 Å². The number of hydrogen-bond donors (Lipinski definition) is 2. The number of carboxylic acid groups (broad SMARTS) is 1. The third-order valence-corrected chi connectivity index (χ3v) is 7.30. The van der Waals surface area contributed by atoms with Crippen molar-refractivity contribution < 1.29 is 24.2 Å². The lowest BCUT2D eigenvalue weighted by Gasteiger charge is -2.51. The zero-order valence-corrected chi connectivity index (χ0v) is 18.4. The summed E-state index contributed by atoms with van der Waals surface area (Å²) in [5.74, 6) is -1.06. The van der Waals surface area contributed by atoms with Crippen LogP contribution in [0.2, 0.25) is 0 Å². The van der Waals surface area contributed by atoms with Gasteiger partial charge in [-0.2, -0.15) is 0 Å². The van der Waals surface area contributed by atoms with Crippen molar-refractivity contribution in [2.24, 2.45) is 5.92 Å². The van der Waals surface area contributed by atoms with Crippen LogP contribution in [0.1, 0.15) is 49.1 Å². The van der Waals surface area contributed by atoms with Gasteiger partial charge in [-0.05, 0) is 41.0 Å². The minimum Gasteiger partial charge on any atom is -0.481 e. The van der Waals surface area contributed by atoms with E-state index in [0.29, 0.717) is 12.5 Å². The molecule has 3 unspecified atom stereocenters. The molecule has 2 aromatic rings. The van der Waals surface area contributed by atoms with Crippen molar-refractivity contribution >= 4 is 18.0 Å². The predicted octanol–water partition coefficient (Wildman–Crippen LogP) is 3.77. The van der Waals surface area contributed by atoms with Crippen molar-refractivity contribution in [1.82, 2.24) is 10.2 Å². The van der Waals surface area contributed by atoms with Crippen LogP contribution >= 0.6 is 0 Å². The fourth-order valence-electron chi connectivity index (χ4n) is 5.67. The number of nitrogens with one attached hydrogen (secondary N) is 1. The number of likely N-dealkylation sites (tertiary alicyclic amines) is 1. The van der Waals surface area contributed by atoms with Crippen LogP contribution in [-0.2, 0) is 14.3 Å². The highest BCUT2D eigenvalue weighted by Crippen LogP contribution is 2.44. The number of carboxylic acids is 1. The molecule has 1 saturated heterocycles. The molecule has 0 radical (unpaired) electrons. The Morgan fingerprint density at radius 3 is 2.27 bits per heavy atom. The summed E-state index contributed by atoms with van der Waals surface area (Å²) in [7, 11) is 0. The lowest BCUT2D eigenvalue weighted by atomic mass is 9.76. The molecule has 33 heavy (non-hydrogen) atoms. The van der Waals surface area contributed by atoms with Gasteiger partial charge in [0.2, 0.25) is 5.91 Å². The summed E-state index contributed by atoms with van der Waals surface area (Å²) in [6.07, 6.45) is 3.08. The van der Waals surface area contributed by atoms with Crippen molar-refractivity contribution in [1.29, 1.82) is 0 Å². The van der Waals surface area contributed by atoms with Crippen molar-refractivity contribution in [3.8, 4) is 11.1 Å². The number of benzene rings is 2. The Labute approximate surface area is 192 Å². The van der Waals surface area contributed by atoms with E-state index in [9.17, 15) is 19.5 Å². The summed E-state index contributed by atoms with van der Waals surface area (Å²) < 4.78 is 5.53. The van der Waals surface area contributed by atoms with E-state index in [-0.39, 0.29) is 24.5 Å². The Hall–Kier alpha value is -3.35. The van der Waals surface area contributed by atoms with E-state index in [1.807, 2.05) is 36.4 Å². The van der Waals surface area contributed by atoms with E-state index in [1.165, 1.54) is 6.42 Å². The molecule has 7 heteroatoms. The standard InChI is InChI=1S/C26H28N2O5/c29-24(30)13-22(25(31)28-14-16-7-1-6-12-23(16)28)27-26(32)33-15-21-19-10-4-2-8-17(19)18-9-3-5-11-20(18)21/h2-5,8-11,16,21-23H,1,6-7,12-15H2,(H,27,32)(H,29,30). The summed E-state index contributed by atoms with van der Waals surface area (Å²) in [5, 5.41) is 11.8. The maximum Gasteiger partial charge on any atom is 0.407 e. The van der Waals surface area contributed by atoms with Crippen LogP contribution in [0.5, 0.6) is 0 Å². The molecule has 1 heterocycles. The number of amides is 2. The minimum absolute atomic E-state index is 0.102. The van der Waals surface area contributed by atoms with E-state index < -0.39 is 24.5 Å². The Morgan fingerprint density at radius 1 is 1.00 bits per heavy atom. The number of nitrogens with zero attached hydrogens (tertiary/aromatic N) is 1. The SMILES string of the molecule is O=C(O)CC(NC(=O)OCC1c2ccccc2-c2ccccc21)C(=O)N1CC2CCCCC21. The summed E-state index contributed by atoms with van der Waals surface area (Å²) in [5.41, 5.74) is 4.43. The molecule has 7 nitrogen and oxygen atoms in total. The van der Waals surface area contributed by atoms with Gasteiger partial charge in [-0.25, -0.2) is 4.79 Å². The molecule has 2 aliphatic carbocycles. The Kier molecular flexibility index (Phi) is 5.79. The molecule has 1 aliphatic heterocycles. The fourth-order valence-corrected chi connectivity index (χ4v) is 5.67. The van der Waals surface area contributed by atoms with Gasteiger partial charge in [0.05, 0.1) is 6.42 Å². The maximum atomic E-state index is 13.0. The molecule has 2 amide bonds. The maximum absolute atomic E-state index is 13.0. The first-order valence-corrected chi connectivity index (χ1v) is 11.7. The highest BCUT2D eigenvalue weighted by Gasteiger charge is 2.45. The van der Waals surface area contributed by atoms with Gasteiger partial charge in [-0.15, -0.1) is 0 Å². The molecule has 2 fully saturated rings. The van der Waals surface area contributed by atoms with Crippen molar-refractivity contribution in [3.05, 3.63) is 59.7 Å². The van der Waals surface area contributed by atoms with Crippen molar-refractivity contribution in [3.63, 3.8) is 0 Å². The summed E-state index contributed by atoms with van der Waals surface area (Å²) in [6.45, 7) is 0.758. The first-order chi connectivity index (χ1) is 16.0. The van der Waals surface area contributed by atoms with Gasteiger partial charge in [0.25, 0.3) is 0 Å². The smallest absolute Gasteiger partial charge is 0.407 e. The monoisotopic (exact) mass is 448 g/mol. The van der Waals surface area contributed by atoms with Crippen molar-refractivity contribution in [2.75, 3.05) is 13.2 Å². The van der Waals surface area contributed by atoms with Gasteiger partial charge in [-0.1, -0.05) is 61.4 Å². The summed E-state index contributed by atoms with van der Waals surface area (Å²) in [4.78, 5) is 38.8. The average Bonchev–Trinajstić information content (AvgIpc) is 3.11. The average molecular weight is 449 g/mol. The lowest BCUT2D eigenvalue weighted by Crippen LogP contribution is -2.64. The zero-order valence-electron chi connectivity index (χ0n) is 18.4. The number of aliphatic carboxylic acids is 1. The predicted molar refractivity (Wildman–Crippen MR) is 122 cm³/mol. The number of carbonyl (C=O) groups excluding carboxylic acids is 2. The second-order valence-electron chi connectivity index (χ2n) is 9.22. The number of ether oxygens (including phenoxy) is 1. The zero-order chi connectivity index (χ0) is 22.9. The minimum atomic E-state index is -1.13. The quantitative estimate of drug-likeness (QED) is 0.701. The molecule has 0 bridgehead atoms. The third kappa shape index (κ3) is 4.08. The number of fused-ring (bicyclic) bond motifs is 4. The Morgan fingerprint density at radius 2 is 1.64 bits per heavy atom. The van der Waals surface area contributed by atoms with Gasteiger partial charge in [-0.3, -0.25) is 9.59 Å². The molecular formula is C26H28N2O5. The van der Waals surface area contributed by atoms with Gasteiger partial charge >= 0.3 is 12.1 Å². The molecular weight excluding hydrogens is 420 g/mol. The molecule has 172 valence electrons. The largest absolute Gasteiger partial charge is 0.481 e. The molecule has 1 saturated carbocycles. The van der Waals surface area contributed by atoms with Crippen LogP contribution in [-0.4, -0.2) is 53.2 Å². The number of hydrogen-bond acceptors (Lipinski definition) is 4. The highest BCUT2D eigenvalue weighted by molar-refractivity contribution is 5.90. The first kappa shape index (κ1) is 21.5. The number of alkyl carbamates (subject to hydrolysis) is 1. The molecule has 2 N–H and O–H groups in total. The van der Waals surface area contributed by atoms with Gasteiger partial charge in [0, 0.05) is 18.5 Å². The van der Waals surface area contributed by atoms with Gasteiger partial charge < -0.3 is 20.1 Å². The molecule has 2 aromatic carbocycles. The van der Waals surface area contributed by atoms with E-state index in [4.69, 9.17) is 4.74 Å². The molecule has 5 rings (SSSR count). The number of rotatable bonds is 6. The van der Waals surface area contributed by atoms with E-state index in [1.54, 1.807) is 4.90 Å². The fraction of sp³-hybridized carbons (Fsp3) is 0.423. The molecule has 3 atom stereocenters. The Bertz CT molecular complexity index is 1040. The van der Waals surface area contributed by atoms with Crippen LogP contribution < -0.4 is 5.32 Å². The third-order valence-electron chi connectivity index (χ3n) is 7.30.